The van der Waals surface area contributed by atoms with Crippen molar-refractivity contribution >= 4 is 17.3 Å². The third-order valence-electron chi connectivity index (χ3n) is 3.37. The van der Waals surface area contributed by atoms with Crippen molar-refractivity contribution in [1.29, 1.82) is 0 Å². The van der Waals surface area contributed by atoms with E-state index in [1.54, 1.807) is 4.52 Å². The lowest BCUT2D eigenvalue weighted by atomic mass is 10.0. The van der Waals surface area contributed by atoms with Crippen molar-refractivity contribution < 1.29 is 0 Å². The van der Waals surface area contributed by atoms with Gasteiger partial charge in [0.1, 0.15) is 0 Å². The van der Waals surface area contributed by atoms with E-state index < -0.39 is 0 Å². The number of rotatable bonds is 2. The first-order chi connectivity index (χ1) is 9.56. The fraction of sp³-hybridized carbons (Fsp3) is 0.200. The monoisotopic (exact) mass is 267 g/mol. The molecule has 0 radical (unpaired) electrons. The Hall–Kier alpha value is -2.56. The van der Waals surface area contributed by atoms with Crippen molar-refractivity contribution in [2.75, 3.05) is 24.7 Å². The molecule has 2 heterocycles. The SMILES string of the molecule is Cc1cc2nc(N)nn2cc1-c1ccccc1N(C)C. The second kappa shape index (κ2) is 4.52. The molecular formula is C15H17N5. The second-order valence-corrected chi connectivity index (χ2v) is 5.05. The van der Waals surface area contributed by atoms with E-state index in [1.807, 2.05) is 38.5 Å². The summed E-state index contributed by atoms with van der Waals surface area (Å²) in [6.45, 7) is 2.08. The molecule has 2 aromatic heterocycles. The molecule has 3 aromatic rings. The number of aromatic nitrogens is 3. The number of fused-ring (bicyclic) bond motifs is 1. The van der Waals surface area contributed by atoms with Gasteiger partial charge in [-0.2, -0.15) is 4.98 Å². The highest BCUT2D eigenvalue weighted by Crippen LogP contribution is 2.32. The summed E-state index contributed by atoms with van der Waals surface area (Å²) in [7, 11) is 4.08. The fourth-order valence-corrected chi connectivity index (χ4v) is 2.41. The Bertz CT molecular complexity index is 773. The van der Waals surface area contributed by atoms with Gasteiger partial charge in [-0.1, -0.05) is 18.2 Å². The summed E-state index contributed by atoms with van der Waals surface area (Å²) in [6, 6.07) is 10.3. The van der Waals surface area contributed by atoms with E-state index in [1.165, 1.54) is 11.3 Å². The average Bonchev–Trinajstić information content (AvgIpc) is 2.76. The second-order valence-electron chi connectivity index (χ2n) is 5.05. The molecule has 0 unspecified atom stereocenters. The third kappa shape index (κ3) is 1.97. The average molecular weight is 267 g/mol. The first-order valence-electron chi connectivity index (χ1n) is 6.45. The molecule has 20 heavy (non-hydrogen) atoms. The molecule has 5 nitrogen and oxygen atoms in total. The van der Waals surface area contributed by atoms with Crippen molar-refractivity contribution in [3.05, 3.63) is 42.1 Å². The van der Waals surface area contributed by atoms with Gasteiger partial charge in [-0.3, -0.25) is 0 Å². The molecule has 0 saturated heterocycles. The molecule has 102 valence electrons. The Morgan fingerprint density at radius 3 is 2.65 bits per heavy atom. The fourth-order valence-electron chi connectivity index (χ4n) is 2.41. The minimum absolute atomic E-state index is 0.294. The molecule has 0 aliphatic rings. The largest absolute Gasteiger partial charge is 0.377 e. The van der Waals surface area contributed by atoms with Crippen LogP contribution in [0.2, 0.25) is 0 Å². The predicted octanol–water partition coefficient (Wildman–Crippen LogP) is 2.35. The number of nitrogens with zero attached hydrogens (tertiary/aromatic N) is 4. The minimum atomic E-state index is 0.294. The van der Waals surface area contributed by atoms with Gasteiger partial charge in [0.05, 0.1) is 0 Å². The smallest absolute Gasteiger partial charge is 0.240 e. The number of pyridine rings is 1. The number of benzene rings is 1. The van der Waals surface area contributed by atoms with E-state index in [0.717, 1.165) is 16.8 Å². The van der Waals surface area contributed by atoms with E-state index in [0.29, 0.717) is 5.95 Å². The highest BCUT2D eigenvalue weighted by Gasteiger charge is 2.11. The zero-order valence-corrected chi connectivity index (χ0v) is 11.8. The van der Waals surface area contributed by atoms with Crippen LogP contribution in [-0.2, 0) is 0 Å². The molecule has 3 rings (SSSR count). The first-order valence-corrected chi connectivity index (χ1v) is 6.45. The topological polar surface area (TPSA) is 59.4 Å². The van der Waals surface area contributed by atoms with Crippen LogP contribution >= 0.6 is 0 Å². The molecule has 0 amide bonds. The van der Waals surface area contributed by atoms with Gasteiger partial charge in [-0.25, -0.2) is 4.52 Å². The molecule has 0 spiro atoms. The van der Waals surface area contributed by atoms with Crippen LogP contribution in [-0.4, -0.2) is 28.7 Å². The van der Waals surface area contributed by atoms with Crippen LogP contribution in [0.1, 0.15) is 5.56 Å². The number of nitrogen functional groups attached to an aromatic ring is 1. The van der Waals surface area contributed by atoms with Crippen molar-refractivity contribution in [2.24, 2.45) is 0 Å². The third-order valence-corrected chi connectivity index (χ3v) is 3.37. The highest BCUT2D eigenvalue weighted by atomic mass is 15.3. The zero-order valence-electron chi connectivity index (χ0n) is 11.8. The summed E-state index contributed by atoms with van der Waals surface area (Å²) in [4.78, 5) is 6.29. The number of nitrogens with two attached hydrogens (primary N) is 1. The molecule has 1 aromatic carbocycles. The number of aryl methyl sites for hydroxylation is 1. The number of hydrogen-bond acceptors (Lipinski definition) is 4. The lowest BCUT2D eigenvalue weighted by Crippen LogP contribution is -2.10. The van der Waals surface area contributed by atoms with Crippen LogP contribution in [0, 0.1) is 6.92 Å². The van der Waals surface area contributed by atoms with Crippen LogP contribution in [0.4, 0.5) is 11.6 Å². The van der Waals surface area contributed by atoms with Gasteiger partial charge in [0.25, 0.3) is 0 Å². The quantitative estimate of drug-likeness (QED) is 0.774. The Balaban J connectivity index is 2.26. The zero-order chi connectivity index (χ0) is 14.3. The summed E-state index contributed by atoms with van der Waals surface area (Å²) in [5.41, 5.74) is 11.1. The molecule has 5 heteroatoms. The maximum absolute atomic E-state index is 5.66. The van der Waals surface area contributed by atoms with Crippen LogP contribution < -0.4 is 10.6 Å². The Kier molecular flexibility index (Phi) is 2.82. The van der Waals surface area contributed by atoms with E-state index in [9.17, 15) is 0 Å². The lowest BCUT2D eigenvalue weighted by Gasteiger charge is -2.18. The summed E-state index contributed by atoms with van der Waals surface area (Å²) in [6.07, 6.45) is 1.98. The van der Waals surface area contributed by atoms with E-state index in [-0.39, 0.29) is 0 Å². The molecule has 0 atom stereocenters. The van der Waals surface area contributed by atoms with Gasteiger partial charge in [0.2, 0.25) is 5.95 Å². The predicted molar refractivity (Wildman–Crippen MR) is 81.9 cm³/mol. The number of hydrogen-bond donors (Lipinski definition) is 1. The number of anilines is 2. The van der Waals surface area contributed by atoms with E-state index in [4.69, 9.17) is 5.73 Å². The standard InChI is InChI=1S/C15H17N5/c1-10-8-14-17-15(16)18-20(14)9-12(10)11-6-4-5-7-13(11)19(2)3/h4-9H,1-3H3,(H2,16,18). The van der Waals surface area contributed by atoms with Gasteiger partial charge in [0.15, 0.2) is 5.65 Å². The van der Waals surface area contributed by atoms with Gasteiger partial charge in [0, 0.05) is 37.1 Å². The van der Waals surface area contributed by atoms with Crippen LogP contribution in [0.3, 0.4) is 0 Å². The van der Waals surface area contributed by atoms with Crippen LogP contribution in [0.25, 0.3) is 16.8 Å². The van der Waals surface area contributed by atoms with Crippen molar-refractivity contribution in [2.45, 2.75) is 6.92 Å². The highest BCUT2D eigenvalue weighted by molar-refractivity contribution is 5.80. The van der Waals surface area contributed by atoms with Gasteiger partial charge < -0.3 is 10.6 Å². The van der Waals surface area contributed by atoms with Crippen LogP contribution in [0.5, 0.6) is 0 Å². The Morgan fingerprint density at radius 2 is 1.90 bits per heavy atom. The van der Waals surface area contributed by atoms with Gasteiger partial charge >= 0.3 is 0 Å². The van der Waals surface area contributed by atoms with Gasteiger partial charge in [-0.05, 0) is 24.6 Å². The normalized spacial score (nSPS) is 10.9. The van der Waals surface area contributed by atoms with E-state index in [2.05, 4.69) is 34.0 Å². The molecule has 0 aliphatic carbocycles. The van der Waals surface area contributed by atoms with Gasteiger partial charge in [-0.15, -0.1) is 5.10 Å². The van der Waals surface area contributed by atoms with Crippen molar-refractivity contribution in [3.63, 3.8) is 0 Å². The first kappa shape index (κ1) is 12.5. The lowest BCUT2D eigenvalue weighted by molar-refractivity contribution is 0.966. The number of para-hydroxylation sites is 1. The van der Waals surface area contributed by atoms with Crippen molar-refractivity contribution in [1.82, 2.24) is 14.6 Å². The molecule has 0 bridgehead atoms. The molecule has 0 fully saturated rings. The van der Waals surface area contributed by atoms with Crippen molar-refractivity contribution in [3.8, 4) is 11.1 Å². The molecular weight excluding hydrogens is 250 g/mol. The van der Waals surface area contributed by atoms with E-state index >= 15 is 0 Å². The summed E-state index contributed by atoms with van der Waals surface area (Å²) >= 11 is 0. The summed E-state index contributed by atoms with van der Waals surface area (Å²) < 4.78 is 1.73. The Labute approximate surface area is 117 Å². The summed E-state index contributed by atoms with van der Waals surface area (Å²) in [5, 5.41) is 4.18. The molecule has 0 aliphatic heterocycles. The maximum Gasteiger partial charge on any atom is 0.240 e. The Morgan fingerprint density at radius 1 is 1.15 bits per heavy atom. The molecule has 0 saturated carbocycles. The van der Waals surface area contributed by atoms with Crippen LogP contribution in [0.15, 0.2) is 36.5 Å². The maximum atomic E-state index is 5.66. The molecule has 2 N–H and O–H groups in total. The summed E-state index contributed by atoms with van der Waals surface area (Å²) in [5.74, 6) is 0.294. The minimum Gasteiger partial charge on any atom is -0.377 e.